The Bertz CT molecular complexity index is 525. The van der Waals surface area contributed by atoms with Gasteiger partial charge in [-0.25, -0.2) is 0 Å². The summed E-state index contributed by atoms with van der Waals surface area (Å²) in [6.07, 6.45) is -0.0546. The fourth-order valence-electron chi connectivity index (χ4n) is 1.52. The molecule has 5 heteroatoms. The molecule has 0 unspecified atom stereocenters. The molecule has 0 spiro atoms. The fraction of sp³-hybridized carbons (Fsp3) is 0.0714. The molecule has 0 radical (unpaired) electrons. The molecule has 0 aliphatic heterocycles. The molecule has 0 aromatic heterocycles. The zero-order valence-corrected chi connectivity index (χ0v) is 12.5. The van der Waals surface area contributed by atoms with Gasteiger partial charge < -0.3 is 16.4 Å². The van der Waals surface area contributed by atoms with Crippen molar-refractivity contribution in [3.05, 3.63) is 54.1 Å². The molecule has 0 fully saturated rings. The third-order valence-electron chi connectivity index (χ3n) is 2.42. The van der Waals surface area contributed by atoms with Crippen LogP contribution in [0.2, 0.25) is 0 Å². The molecule has 2 N–H and O–H groups in total. The number of ether oxygens (including phenoxy) is 1. The number of phenolic OH excluding ortho intramolecular Hbond substituents is 2. The summed E-state index contributed by atoms with van der Waals surface area (Å²) in [5.74, 6) is -0.481. The third-order valence-corrected chi connectivity index (χ3v) is 2.42. The van der Waals surface area contributed by atoms with Crippen LogP contribution in [0, 0.1) is 0 Å². The smallest absolute Gasteiger partial charge is 1.00 e. The summed E-state index contributed by atoms with van der Waals surface area (Å²) < 4.78 is 5.00. The molecule has 0 aliphatic carbocycles. The minimum atomic E-state index is -0.544. The van der Waals surface area contributed by atoms with Gasteiger partial charge in [0, 0.05) is 5.56 Å². The number of aromatic hydroxyl groups is 2. The van der Waals surface area contributed by atoms with Gasteiger partial charge in [0.05, 0.1) is 6.42 Å². The first-order chi connectivity index (χ1) is 8.66. The first kappa shape index (κ1) is 15.6. The maximum atomic E-state index is 11.6. The van der Waals surface area contributed by atoms with E-state index in [0.29, 0.717) is 5.56 Å². The zero-order chi connectivity index (χ0) is 13.0. The number of hydrogen-bond donors (Lipinski definition) is 2. The van der Waals surface area contributed by atoms with Gasteiger partial charge in [-0.1, -0.05) is 30.3 Å². The minimum Gasteiger partial charge on any atom is -1.00 e. The van der Waals surface area contributed by atoms with E-state index in [9.17, 15) is 15.0 Å². The molecule has 0 atom stereocenters. The standard InChI is InChI=1S/C14H12O4.Na.H/c15-11-6-2-1-5-10(11)9-14(17)18-13-8-4-3-7-12(13)16;;/h1-8,15-16H,9H2;;/q;+1;-1. The van der Waals surface area contributed by atoms with Gasteiger partial charge in [0.25, 0.3) is 0 Å². The van der Waals surface area contributed by atoms with E-state index in [-0.39, 0.29) is 54.7 Å². The Hall–Kier alpha value is -1.49. The normalized spacial score (nSPS) is 9.47. The molecular formula is C14H13NaO4. The van der Waals surface area contributed by atoms with Crippen LogP contribution in [-0.2, 0) is 11.2 Å². The molecule has 4 nitrogen and oxygen atoms in total. The first-order valence-electron chi connectivity index (χ1n) is 5.42. The molecule has 0 saturated heterocycles. The summed E-state index contributed by atoms with van der Waals surface area (Å²) in [6, 6.07) is 12.8. The number of carbonyl (C=O) groups is 1. The number of hydrogen-bond acceptors (Lipinski definition) is 4. The van der Waals surface area contributed by atoms with Crippen LogP contribution in [0.15, 0.2) is 48.5 Å². The van der Waals surface area contributed by atoms with E-state index in [1.807, 2.05) is 0 Å². The summed E-state index contributed by atoms with van der Waals surface area (Å²) in [4.78, 5) is 11.6. The van der Waals surface area contributed by atoms with Crippen molar-refractivity contribution in [3.8, 4) is 17.2 Å². The number of carbonyl (C=O) groups excluding carboxylic acids is 1. The van der Waals surface area contributed by atoms with E-state index in [1.54, 1.807) is 30.3 Å². The molecule has 0 aliphatic rings. The average Bonchev–Trinajstić information content (AvgIpc) is 2.35. The van der Waals surface area contributed by atoms with Crippen molar-refractivity contribution in [2.45, 2.75) is 6.42 Å². The van der Waals surface area contributed by atoms with Crippen LogP contribution in [-0.4, -0.2) is 16.2 Å². The van der Waals surface area contributed by atoms with Crippen LogP contribution in [0.25, 0.3) is 0 Å². The second-order valence-electron chi connectivity index (χ2n) is 3.75. The van der Waals surface area contributed by atoms with Gasteiger partial charge in [-0.2, -0.15) is 0 Å². The Kier molecular flexibility index (Phi) is 5.89. The average molecular weight is 268 g/mol. The Balaban J connectivity index is 0.00000180. The van der Waals surface area contributed by atoms with Gasteiger partial charge in [-0.3, -0.25) is 4.79 Å². The number of para-hydroxylation sites is 3. The fourth-order valence-corrected chi connectivity index (χ4v) is 1.52. The van der Waals surface area contributed by atoms with Gasteiger partial charge in [0.1, 0.15) is 5.75 Å². The third kappa shape index (κ3) is 4.28. The van der Waals surface area contributed by atoms with Crippen LogP contribution in [0.5, 0.6) is 17.2 Å². The van der Waals surface area contributed by atoms with Crippen molar-refractivity contribution >= 4 is 5.97 Å². The van der Waals surface area contributed by atoms with E-state index < -0.39 is 5.97 Å². The molecule has 0 amide bonds. The van der Waals surface area contributed by atoms with Gasteiger partial charge >= 0.3 is 35.5 Å². The molecule has 0 heterocycles. The largest absolute Gasteiger partial charge is 1.00 e. The summed E-state index contributed by atoms with van der Waals surface area (Å²) >= 11 is 0. The van der Waals surface area contributed by atoms with Crippen LogP contribution in [0.3, 0.4) is 0 Å². The molecule has 0 bridgehead atoms. The number of phenols is 2. The summed E-state index contributed by atoms with van der Waals surface area (Å²) in [5.41, 5.74) is 0.484. The molecular weight excluding hydrogens is 255 g/mol. The number of rotatable bonds is 3. The van der Waals surface area contributed by atoms with Crippen LogP contribution in [0.1, 0.15) is 6.99 Å². The molecule has 2 rings (SSSR count). The Morgan fingerprint density at radius 3 is 2.21 bits per heavy atom. The van der Waals surface area contributed by atoms with E-state index >= 15 is 0 Å². The van der Waals surface area contributed by atoms with E-state index in [1.165, 1.54) is 18.2 Å². The van der Waals surface area contributed by atoms with Gasteiger partial charge in [-0.05, 0) is 18.2 Å². The van der Waals surface area contributed by atoms with E-state index in [2.05, 4.69) is 0 Å². The topological polar surface area (TPSA) is 66.8 Å². The Morgan fingerprint density at radius 1 is 1.00 bits per heavy atom. The maximum Gasteiger partial charge on any atom is 1.00 e. The van der Waals surface area contributed by atoms with Crippen molar-refractivity contribution in [1.82, 2.24) is 0 Å². The number of esters is 1. The van der Waals surface area contributed by atoms with Gasteiger partial charge in [0.15, 0.2) is 11.5 Å². The van der Waals surface area contributed by atoms with E-state index in [0.717, 1.165) is 0 Å². The maximum absolute atomic E-state index is 11.6. The SMILES string of the molecule is O=C(Cc1ccccc1O)Oc1ccccc1O.[H-].[Na+]. The minimum absolute atomic E-state index is 0. The van der Waals surface area contributed by atoms with Crippen molar-refractivity contribution < 1.29 is 50.7 Å². The molecule has 19 heavy (non-hydrogen) atoms. The first-order valence-corrected chi connectivity index (χ1v) is 5.42. The Morgan fingerprint density at radius 2 is 1.58 bits per heavy atom. The number of benzene rings is 2. The van der Waals surface area contributed by atoms with Crippen molar-refractivity contribution in [3.63, 3.8) is 0 Å². The van der Waals surface area contributed by atoms with Gasteiger partial charge in [0.2, 0.25) is 0 Å². The quantitative estimate of drug-likeness (QED) is 0.441. The summed E-state index contributed by atoms with van der Waals surface area (Å²) in [5, 5.41) is 19.0. The second kappa shape index (κ2) is 7.19. The molecule has 2 aromatic carbocycles. The van der Waals surface area contributed by atoms with Crippen molar-refractivity contribution in [1.29, 1.82) is 0 Å². The predicted octanol–water partition coefficient (Wildman–Crippen LogP) is -0.638. The predicted molar refractivity (Wildman–Crippen MR) is 66.7 cm³/mol. The van der Waals surface area contributed by atoms with Crippen LogP contribution < -0.4 is 34.3 Å². The summed E-state index contributed by atoms with van der Waals surface area (Å²) in [6.45, 7) is 0. The molecule has 2 aromatic rings. The Labute approximate surface area is 134 Å². The second-order valence-corrected chi connectivity index (χ2v) is 3.75. The van der Waals surface area contributed by atoms with Gasteiger partial charge in [-0.15, -0.1) is 0 Å². The van der Waals surface area contributed by atoms with Crippen LogP contribution >= 0.6 is 0 Å². The van der Waals surface area contributed by atoms with Crippen LogP contribution in [0.4, 0.5) is 0 Å². The molecule has 94 valence electrons. The van der Waals surface area contributed by atoms with E-state index in [4.69, 9.17) is 4.74 Å². The monoisotopic (exact) mass is 268 g/mol. The zero-order valence-electron chi connectivity index (χ0n) is 11.5. The summed E-state index contributed by atoms with van der Waals surface area (Å²) in [7, 11) is 0. The van der Waals surface area contributed by atoms with Crippen molar-refractivity contribution in [2.24, 2.45) is 0 Å². The molecule has 0 saturated carbocycles. The van der Waals surface area contributed by atoms with Crippen molar-refractivity contribution in [2.75, 3.05) is 0 Å².